The summed E-state index contributed by atoms with van der Waals surface area (Å²) < 4.78 is 10.4. The summed E-state index contributed by atoms with van der Waals surface area (Å²) in [6, 6.07) is 12.0. The van der Waals surface area contributed by atoms with Crippen LogP contribution in [0.1, 0.15) is 5.56 Å². The van der Waals surface area contributed by atoms with Crippen LogP contribution in [0.4, 0.5) is 0 Å². The van der Waals surface area contributed by atoms with E-state index in [1.165, 1.54) is 6.21 Å². The van der Waals surface area contributed by atoms with Gasteiger partial charge in [-0.3, -0.25) is 4.79 Å². The highest BCUT2D eigenvalue weighted by atomic mass is 35.5. The molecule has 0 fully saturated rings. The van der Waals surface area contributed by atoms with Crippen molar-refractivity contribution in [3.8, 4) is 11.5 Å². The molecule has 0 aliphatic heterocycles. The van der Waals surface area contributed by atoms with Crippen molar-refractivity contribution in [2.24, 2.45) is 5.10 Å². The Balaban J connectivity index is 1.82. The lowest BCUT2D eigenvalue weighted by molar-refractivity contribution is -0.123. The highest BCUT2D eigenvalue weighted by Gasteiger charge is 2.03. The normalized spacial score (nSPS) is 10.6. The third-order valence-electron chi connectivity index (χ3n) is 2.80. The van der Waals surface area contributed by atoms with Crippen LogP contribution < -0.4 is 14.9 Å². The maximum absolute atomic E-state index is 11.6. The van der Waals surface area contributed by atoms with Gasteiger partial charge in [-0.05, 0) is 30.3 Å². The number of carbonyl (C=O) groups excluding carboxylic acids is 1. The Morgan fingerprint density at radius 2 is 1.87 bits per heavy atom. The summed E-state index contributed by atoms with van der Waals surface area (Å²) in [7, 11) is 1.58. The summed E-state index contributed by atoms with van der Waals surface area (Å²) in [5, 5.41) is 4.61. The van der Waals surface area contributed by atoms with Gasteiger partial charge in [0.05, 0.1) is 23.4 Å². The van der Waals surface area contributed by atoms with Crippen LogP contribution in [-0.2, 0) is 4.79 Å². The smallest absolute Gasteiger partial charge is 0.277 e. The van der Waals surface area contributed by atoms with E-state index in [2.05, 4.69) is 10.5 Å². The molecule has 2 aromatic carbocycles. The number of methoxy groups -OCH3 is 1. The monoisotopic (exact) mass is 352 g/mol. The van der Waals surface area contributed by atoms with Gasteiger partial charge < -0.3 is 9.47 Å². The molecule has 0 aliphatic rings. The van der Waals surface area contributed by atoms with Crippen LogP contribution in [0.5, 0.6) is 11.5 Å². The van der Waals surface area contributed by atoms with Crippen molar-refractivity contribution in [3.63, 3.8) is 0 Å². The van der Waals surface area contributed by atoms with Gasteiger partial charge in [-0.2, -0.15) is 5.10 Å². The van der Waals surface area contributed by atoms with Gasteiger partial charge in [0.2, 0.25) is 0 Å². The maximum Gasteiger partial charge on any atom is 0.277 e. The van der Waals surface area contributed by atoms with Crippen molar-refractivity contribution >= 4 is 35.3 Å². The average molecular weight is 353 g/mol. The molecule has 1 N–H and O–H groups in total. The number of nitrogens with zero attached hydrogens (tertiary/aromatic N) is 1. The number of amides is 1. The van der Waals surface area contributed by atoms with Crippen LogP contribution in [-0.4, -0.2) is 25.8 Å². The molecule has 7 heteroatoms. The van der Waals surface area contributed by atoms with Crippen LogP contribution in [0.15, 0.2) is 47.6 Å². The number of nitrogens with one attached hydrogen (secondary N) is 1. The van der Waals surface area contributed by atoms with Crippen LogP contribution in [0.25, 0.3) is 0 Å². The van der Waals surface area contributed by atoms with E-state index in [4.69, 9.17) is 32.7 Å². The second kappa shape index (κ2) is 8.41. The summed E-state index contributed by atoms with van der Waals surface area (Å²) in [5.74, 6) is 0.878. The van der Waals surface area contributed by atoms with Gasteiger partial charge in [-0.25, -0.2) is 5.43 Å². The maximum atomic E-state index is 11.6. The average Bonchev–Trinajstić information content (AvgIpc) is 2.57. The Morgan fingerprint density at radius 3 is 2.57 bits per heavy atom. The molecule has 0 radical (unpaired) electrons. The van der Waals surface area contributed by atoms with Gasteiger partial charge in [0, 0.05) is 5.56 Å². The van der Waals surface area contributed by atoms with E-state index < -0.39 is 5.91 Å². The van der Waals surface area contributed by atoms with Gasteiger partial charge in [0.25, 0.3) is 5.91 Å². The van der Waals surface area contributed by atoms with Gasteiger partial charge >= 0.3 is 0 Å². The van der Waals surface area contributed by atoms with E-state index in [9.17, 15) is 4.79 Å². The number of hydrogen-bond donors (Lipinski definition) is 1. The Labute approximate surface area is 143 Å². The van der Waals surface area contributed by atoms with Crippen molar-refractivity contribution in [1.29, 1.82) is 0 Å². The fourth-order valence-electron chi connectivity index (χ4n) is 1.65. The third-order valence-corrected chi connectivity index (χ3v) is 3.64. The SMILES string of the molecule is COc1ccc(OCC(=O)N/N=C/c2cccc(Cl)c2Cl)cc1. The lowest BCUT2D eigenvalue weighted by Gasteiger charge is -2.06. The standard InChI is InChI=1S/C16H14Cl2N2O3/c1-22-12-5-7-13(8-6-12)23-10-15(21)20-19-9-11-3-2-4-14(17)16(11)18/h2-9H,10H2,1H3,(H,20,21)/b19-9+. The molecular weight excluding hydrogens is 339 g/mol. The minimum Gasteiger partial charge on any atom is -0.497 e. The predicted molar refractivity (Wildman–Crippen MR) is 90.7 cm³/mol. The van der Waals surface area contributed by atoms with E-state index in [-0.39, 0.29) is 6.61 Å². The van der Waals surface area contributed by atoms with Crippen molar-refractivity contribution in [1.82, 2.24) is 5.43 Å². The Hall–Kier alpha value is -2.24. The molecule has 0 saturated carbocycles. The first kappa shape index (κ1) is 17.1. The summed E-state index contributed by atoms with van der Waals surface area (Å²) in [4.78, 5) is 11.6. The topological polar surface area (TPSA) is 59.9 Å². The summed E-state index contributed by atoms with van der Waals surface area (Å²) in [6.45, 7) is -0.160. The lowest BCUT2D eigenvalue weighted by atomic mass is 10.2. The zero-order valence-electron chi connectivity index (χ0n) is 12.3. The molecule has 0 aliphatic carbocycles. The van der Waals surface area contributed by atoms with Gasteiger partial charge in [-0.1, -0.05) is 35.3 Å². The minimum absolute atomic E-state index is 0.160. The zero-order chi connectivity index (χ0) is 16.7. The fourth-order valence-corrected chi connectivity index (χ4v) is 2.00. The van der Waals surface area contributed by atoms with E-state index in [0.717, 1.165) is 0 Å². The summed E-state index contributed by atoms with van der Waals surface area (Å²) >= 11 is 11.9. The number of halogens is 2. The number of benzene rings is 2. The fraction of sp³-hybridized carbons (Fsp3) is 0.125. The highest BCUT2D eigenvalue weighted by Crippen LogP contribution is 2.24. The number of hydrogen-bond acceptors (Lipinski definition) is 4. The van der Waals surface area contributed by atoms with Crippen molar-refractivity contribution in [3.05, 3.63) is 58.1 Å². The van der Waals surface area contributed by atoms with Crippen LogP contribution in [0.2, 0.25) is 10.0 Å². The number of carbonyl (C=O) groups is 1. The van der Waals surface area contributed by atoms with E-state index in [1.54, 1.807) is 49.6 Å². The molecule has 0 bridgehead atoms. The molecule has 0 aromatic heterocycles. The Bertz CT molecular complexity index is 703. The molecule has 2 aromatic rings. The quantitative estimate of drug-likeness (QED) is 0.638. The molecule has 1 amide bonds. The third kappa shape index (κ3) is 5.16. The second-order valence-electron chi connectivity index (χ2n) is 4.40. The van der Waals surface area contributed by atoms with Gasteiger partial charge in [0.1, 0.15) is 11.5 Å². The summed E-state index contributed by atoms with van der Waals surface area (Å²) in [6.07, 6.45) is 1.42. The molecule has 2 rings (SSSR count). The molecule has 5 nitrogen and oxygen atoms in total. The van der Waals surface area contributed by atoms with Crippen LogP contribution in [0.3, 0.4) is 0 Å². The lowest BCUT2D eigenvalue weighted by Crippen LogP contribution is -2.24. The minimum atomic E-state index is -0.393. The molecule has 0 unspecified atom stereocenters. The predicted octanol–water partition coefficient (Wildman–Crippen LogP) is 3.53. The van der Waals surface area contributed by atoms with Gasteiger partial charge in [0.15, 0.2) is 6.61 Å². The first-order valence-corrected chi connectivity index (χ1v) is 7.38. The molecular formula is C16H14Cl2N2O3. The molecule has 0 spiro atoms. The second-order valence-corrected chi connectivity index (χ2v) is 5.19. The largest absolute Gasteiger partial charge is 0.497 e. The van der Waals surface area contributed by atoms with Crippen molar-refractivity contribution < 1.29 is 14.3 Å². The van der Waals surface area contributed by atoms with E-state index in [0.29, 0.717) is 27.1 Å². The van der Waals surface area contributed by atoms with Gasteiger partial charge in [-0.15, -0.1) is 0 Å². The molecule has 0 heterocycles. The van der Waals surface area contributed by atoms with E-state index in [1.807, 2.05) is 0 Å². The molecule has 23 heavy (non-hydrogen) atoms. The first-order chi connectivity index (χ1) is 11.1. The Kier molecular flexibility index (Phi) is 6.26. The number of ether oxygens (including phenoxy) is 2. The molecule has 120 valence electrons. The van der Waals surface area contributed by atoms with Crippen molar-refractivity contribution in [2.45, 2.75) is 0 Å². The van der Waals surface area contributed by atoms with E-state index >= 15 is 0 Å². The molecule has 0 atom stereocenters. The van der Waals surface area contributed by atoms with Crippen LogP contribution >= 0.6 is 23.2 Å². The van der Waals surface area contributed by atoms with Crippen molar-refractivity contribution in [2.75, 3.05) is 13.7 Å². The number of hydrazone groups is 1. The summed E-state index contributed by atoms with van der Waals surface area (Å²) in [5.41, 5.74) is 2.96. The first-order valence-electron chi connectivity index (χ1n) is 6.63. The van der Waals surface area contributed by atoms with Crippen LogP contribution in [0, 0.1) is 0 Å². The zero-order valence-corrected chi connectivity index (χ0v) is 13.8. The highest BCUT2D eigenvalue weighted by molar-refractivity contribution is 6.43. The molecule has 0 saturated heterocycles. The Morgan fingerprint density at radius 1 is 1.17 bits per heavy atom. The number of rotatable bonds is 6.